The SMILES string of the molecule is CCCCCCCCCCCCCCCCOc1ccc(N=Nc2ccc(C(=O)Oc3ccccc3)cc2)cc1F. The molecule has 0 N–H and O–H groups in total. The number of esters is 1. The molecule has 0 bridgehead atoms. The standard InChI is InChI=1S/C35H45FN2O3/c1-2-3-4-5-6-7-8-9-10-11-12-13-14-18-27-40-34-26-25-31(28-33(34)36)38-37-30-23-21-29(22-24-30)35(39)41-32-19-16-15-17-20-32/h15-17,19-26,28H,2-14,18,27H2,1H3. The van der Waals surface area contributed by atoms with Gasteiger partial charge in [0.25, 0.3) is 0 Å². The van der Waals surface area contributed by atoms with E-state index in [4.69, 9.17) is 9.47 Å². The summed E-state index contributed by atoms with van der Waals surface area (Å²) < 4.78 is 25.5. The molecule has 0 saturated carbocycles. The molecule has 0 spiro atoms. The van der Waals surface area contributed by atoms with E-state index in [1.54, 1.807) is 60.7 Å². The van der Waals surface area contributed by atoms with E-state index in [2.05, 4.69) is 17.2 Å². The van der Waals surface area contributed by atoms with Gasteiger partial charge in [-0.2, -0.15) is 10.2 Å². The topological polar surface area (TPSA) is 60.2 Å². The van der Waals surface area contributed by atoms with Crippen LogP contribution in [0.4, 0.5) is 15.8 Å². The summed E-state index contributed by atoms with van der Waals surface area (Å²) >= 11 is 0. The van der Waals surface area contributed by atoms with Crippen molar-refractivity contribution in [2.45, 2.75) is 96.8 Å². The molecule has 0 aromatic heterocycles. The Bertz CT molecular complexity index is 1170. The number of rotatable bonds is 20. The van der Waals surface area contributed by atoms with Crippen LogP contribution in [-0.4, -0.2) is 12.6 Å². The first kappa shape index (κ1) is 32.0. The van der Waals surface area contributed by atoms with E-state index < -0.39 is 11.8 Å². The van der Waals surface area contributed by atoms with Gasteiger partial charge in [-0.05, 0) is 55.0 Å². The first-order valence-electron chi connectivity index (χ1n) is 15.4. The van der Waals surface area contributed by atoms with Crippen LogP contribution in [0, 0.1) is 5.82 Å². The van der Waals surface area contributed by atoms with Crippen LogP contribution in [0.3, 0.4) is 0 Å². The number of ether oxygens (including phenoxy) is 2. The third-order valence-corrected chi connectivity index (χ3v) is 7.01. The Morgan fingerprint density at radius 3 is 1.78 bits per heavy atom. The maximum atomic E-state index is 14.5. The minimum absolute atomic E-state index is 0.236. The van der Waals surface area contributed by atoms with Crippen LogP contribution >= 0.6 is 0 Å². The zero-order valence-electron chi connectivity index (χ0n) is 24.5. The summed E-state index contributed by atoms with van der Waals surface area (Å²) in [7, 11) is 0. The van der Waals surface area contributed by atoms with E-state index in [-0.39, 0.29) is 5.75 Å². The second kappa shape index (κ2) is 19.5. The summed E-state index contributed by atoms with van der Waals surface area (Å²) in [4.78, 5) is 12.3. The molecule has 220 valence electrons. The number of para-hydroxylation sites is 1. The summed E-state index contributed by atoms with van der Waals surface area (Å²) in [5.41, 5.74) is 1.33. The maximum absolute atomic E-state index is 14.5. The van der Waals surface area contributed by atoms with Crippen LogP contribution in [0.1, 0.15) is 107 Å². The predicted molar refractivity (Wildman–Crippen MR) is 164 cm³/mol. The first-order chi connectivity index (χ1) is 20.2. The van der Waals surface area contributed by atoms with Crippen molar-refractivity contribution >= 4 is 17.3 Å². The van der Waals surface area contributed by atoms with Gasteiger partial charge in [0.15, 0.2) is 11.6 Å². The highest BCUT2D eigenvalue weighted by Crippen LogP contribution is 2.25. The number of hydrogen-bond donors (Lipinski definition) is 0. The number of hydrogen-bond acceptors (Lipinski definition) is 5. The minimum Gasteiger partial charge on any atom is -0.491 e. The molecular formula is C35H45FN2O3. The van der Waals surface area contributed by atoms with E-state index >= 15 is 0 Å². The molecule has 3 aromatic carbocycles. The van der Waals surface area contributed by atoms with Gasteiger partial charge in [-0.15, -0.1) is 0 Å². The molecule has 0 saturated heterocycles. The maximum Gasteiger partial charge on any atom is 0.343 e. The monoisotopic (exact) mass is 560 g/mol. The van der Waals surface area contributed by atoms with E-state index in [0.717, 1.165) is 12.8 Å². The van der Waals surface area contributed by atoms with Crippen LogP contribution in [-0.2, 0) is 0 Å². The van der Waals surface area contributed by atoms with Crippen LogP contribution in [0.5, 0.6) is 11.5 Å². The summed E-state index contributed by atoms with van der Waals surface area (Å²) in [5, 5.41) is 8.25. The number of unbranched alkanes of at least 4 members (excludes halogenated alkanes) is 13. The van der Waals surface area contributed by atoms with Gasteiger partial charge >= 0.3 is 5.97 Å². The van der Waals surface area contributed by atoms with E-state index in [9.17, 15) is 9.18 Å². The number of carbonyl (C=O) groups is 1. The van der Waals surface area contributed by atoms with Crippen molar-refractivity contribution in [3.05, 3.63) is 84.2 Å². The van der Waals surface area contributed by atoms with Crippen molar-refractivity contribution < 1.29 is 18.7 Å². The fourth-order valence-electron chi connectivity index (χ4n) is 4.58. The third-order valence-electron chi connectivity index (χ3n) is 7.01. The molecule has 0 atom stereocenters. The largest absolute Gasteiger partial charge is 0.491 e. The number of benzene rings is 3. The zero-order valence-corrected chi connectivity index (χ0v) is 24.5. The van der Waals surface area contributed by atoms with Crippen LogP contribution < -0.4 is 9.47 Å². The second-order valence-electron chi connectivity index (χ2n) is 10.5. The highest BCUT2D eigenvalue weighted by atomic mass is 19.1. The summed E-state index contributed by atoms with van der Waals surface area (Å²) in [5.74, 6) is -0.188. The van der Waals surface area contributed by atoms with Gasteiger partial charge in [0.1, 0.15) is 5.75 Å². The average Bonchev–Trinajstić information content (AvgIpc) is 2.99. The smallest absolute Gasteiger partial charge is 0.343 e. The lowest BCUT2D eigenvalue weighted by Crippen LogP contribution is -2.07. The lowest BCUT2D eigenvalue weighted by Gasteiger charge is -2.07. The van der Waals surface area contributed by atoms with Gasteiger partial charge in [-0.1, -0.05) is 109 Å². The van der Waals surface area contributed by atoms with E-state index in [1.165, 1.54) is 83.1 Å². The number of azo groups is 1. The Balaban J connectivity index is 1.27. The van der Waals surface area contributed by atoms with Crippen molar-refractivity contribution in [3.8, 4) is 11.5 Å². The molecule has 6 heteroatoms. The fraction of sp³-hybridized carbons (Fsp3) is 0.457. The molecule has 3 aromatic rings. The van der Waals surface area contributed by atoms with E-state index in [1.807, 2.05) is 6.07 Å². The normalized spacial score (nSPS) is 11.2. The molecule has 0 radical (unpaired) electrons. The average molecular weight is 561 g/mol. The summed E-state index contributed by atoms with van der Waals surface area (Å²) in [6.07, 6.45) is 18.2. The van der Waals surface area contributed by atoms with E-state index in [0.29, 0.717) is 29.3 Å². The Kier molecular flexibility index (Phi) is 15.2. The Morgan fingerprint density at radius 1 is 0.659 bits per heavy atom. The van der Waals surface area contributed by atoms with Crippen molar-refractivity contribution in [3.63, 3.8) is 0 Å². The molecule has 0 aliphatic rings. The number of nitrogens with zero attached hydrogens (tertiary/aromatic N) is 2. The van der Waals surface area contributed by atoms with Crippen LogP contribution in [0.2, 0.25) is 0 Å². The highest BCUT2D eigenvalue weighted by Gasteiger charge is 2.09. The minimum atomic E-state index is -0.453. The molecule has 0 fully saturated rings. The summed E-state index contributed by atoms with van der Waals surface area (Å²) in [6, 6.07) is 20.0. The molecule has 0 heterocycles. The van der Waals surface area contributed by atoms with Crippen LogP contribution in [0.25, 0.3) is 0 Å². The van der Waals surface area contributed by atoms with Crippen molar-refractivity contribution in [2.75, 3.05) is 6.61 Å². The number of carbonyl (C=O) groups excluding carboxylic acids is 1. The predicted octanol–water partition coefficient (Wildman–Crippen LogP) is 11.3. The van der Waals surface area contributed by atoms with Gasteiger partial charge in [-0.25, -0.2) is 9.18 Å². The highest BCUT2D eigenvalue weighted by molar-refractivity contribution is 5.91. The van der Waals surface area contributed by atoms with Crippen LogP contribution in [0.15, 0.2) is 83.0 Å². The van der Waals surface area contributed by atoms with Gasteiger partial charge in [0.2, 0.25) is 0 Å². The lowest BCUT2D eigenvalue weighted by atomic mass is 10.0. The third kappa shape index (κ3) is 13.1. The quantitative estimate of drug-likeness (QED) is 0.0597. The fourth-order valence-corrected chi connectivity index (χ4v) is 4.58. The summed E-state index contributed by atoms with van der Waals surface area (Å²) in [6.45, 7) is 2.77. The molecule has 0 amide bonds. The first-order valence-corrected chi connectivity index (χ1v) is 15.4. The van der Waals surface area contributed by atoms with Gasteiger partial charge in [-0.3, -0.25) is 0 Å². The molecule has 41 heavy (non-hydrogen) atoms. The molecule has 5 nitrogen and oxygen atoms in total. The van der Waals surface area contributed by atoms with Gasteiger partial charge in [0, 0.05) is 6.07 Å². The Morgan fingerprint density at radius 2 is 1.20 bits per heavy atom. The molecule has 0 aliphatic carbocycles. The second-order valence-corrected chi connectivity index (χ2v) is 10.5. The van der Waals surface area contributed by atoms with Crippen molar-refractivity contribution in [1.82, 2.24) is 0 Å². The van der Waals surface area contributed by atoms with Gasteiger partial charge in [0.05, 0.1) is 23.5 Å². The Labute approximate surface area is 245 Å². The zero-order chi connectivity index (χ0) is 29.0. The lowest BCUT2D eigenvalue weighted by molar-refractivity contribution is 0.0735. The van der Waals surface area contributed by atoms with Gasteiger partial charge < -0.3 is 9.47 Å². The number of halogens is 1. The Hall–Kier alpha value is -3.54. The van der Waals surface area contributed by atoms with Crippen molar-refractivity contribution in [1.29, 1.82) is 0 Å². The molecular weight excluding hydrogens is 515 g/mol. The molecule has 0 unspecified atom stereocenters. The van der Waals surface area contributed by atoms with Crippen molar-refractivity contribution in [2.24, 2.45) is 10.2 Å². The molecule has 0 aliphatic heterocycles. The molecule has 3 rings (SSSR count).